The molecule has 3 fully saturated rings. The van der Waals surface area contributed by atoms with Crippen molar-refractivity contribution >= 4 is 11.8 Å². The molecular formula is C10H17NOS. The maximum atomic E-state index is 5.54. The van der Waals surface area contributed by atoms with Crippen LogP contribution in [0.25, 0.3) is 0 Å². The van der Waals surface area contributed by atoms with E-state index >= 15 is 0 Å². The van der Waals surface area contributed by atoms with Crippen molar-refractivity contribution in [3.05, 3.63) is 0 Å². The number of rotatable bonds is 1. The van der Waals surface area contributed by atoms with Gasteiger partial charge in [0.2, 0.25) is 0 Å². The van der Waals surface area contributed by atoms with Gasteiger partial charge in [-0.25, -0.2) is 0 Å². The minimum atomic E-state index is 0.781. The Hall–Kier alpha value is 0.270. The quantitative estimate of drug-likeness (QED) is 0.632. The zero-order valence-corrected chi connectivity index (χ0v) is 8.76. The van der Waals surface area contributed by atoms with Gasteiger partial charge in [0.25, 0.3) is 0 Å². The van der Waals surface area contributed by atoms with Gasteiger partial charge in [0.1, 0.15) is 0 Å². The van der Waals surface area contributed by atoms with Crippen LogP contribution in [0.5, 0.6) is 0 Å². The molecule has 0 amide bonds. The fourth-order valence-corrected chi connectivity index (χ4v) is 3.90. The van der Waals surface area contributed by atoms with E-state index < -0.39 is 0 Å². The van der Waals surface area contributed by atoms with Gasteiger partial charge in [0, 0.05) is 36.2 Å². The zero-order chi connectivity index (χ0) is 8.67. The predicted octanol–water partition coefficient (Wildman–Crippen LogP) is 1.36. The molecule has 74 valence electrons. The summed E-state index contributed by atoms with van der Waals surface area (Å²) in [6.45, 7) is 3.32. The summed E-state index contributed by atoms with van der Waals surface area (Å²) in [4.78, 5) is 2.77. The second kappa shape index (κ2) is 3.44. The standard InChI is InChI=1S/C10H17NOS/c1-2-8(1)11-4-6-13-10-7-12-5-3-9(10)11/h8-10H,1-7H2. The van der Waals surface area contributed by atoms with Crippen LogP contribution >= 0.6 is 11.8 Å². The van der Waals surface area contributed by atoms with Gasteiger partial charge in [-0.1, -0.05) is 0 Å². The summed E-state index contributed by atoms with van der Waals surface area (Å²) in [7, 11) is 0. The summed E-state index contributed by atoms with van der Waals surface area (Å²) in [6, 6.07) is 1.80. The first-order chi connectivity index (χ1) is 6.45. The second-order valence-electron chi connectivity index (χ2n) is 4.31. The highest BCUT2D eigenvalue weighted by atomic mass is 32.2. The second-order valence-corrected chi connectivity index (χ2v) is 5.66. The normalized spacial score (nSPS) is 41.5. The lowest BCUT2D eigenvalue weighted by Gasteiger charge is -2.43. The number of fused-ring (bicyclic) bond motifs is 1. The third-order valence-electron chi connectivity index (χ3n) is 3.39. The average molecular weight is 199 g/mol. The molecule has 1 aliphatic carbocycles. The minimum absolute atomic E-state index is 0.781. The maximum absolute atomic E-state index is 5.54. The molecule has 2 nitrogen and oxygen atoms in total. The Labute approximate surface area is 84.0 Å². The van der Waals surface area contributed by atoms with E-state index in [0.29, 0.717) is 0 Å². The number of ether oxygens (including phenoxy) is 1. The van der Waals surface area contributed by atoms with Crippen LogP contribution in [-0.2, 0) is 4.74 Å². The molecule has 0 aromatic heterocycles. The first-order valence-electron chi connectivity index (χ1n) is 5.40. The fourth-order valence-electron chi connectivity index (χ4n) is 2.57. The summed E-state index contributed by atoms with van der Waals surface area (Å²) >= 11 is 2.13. The summed E-state index contributed by atoms with van der Waals surface area (Å²) in [5.74, 6) is 1.32. The van der Waals surface area contributed by atoms with Crippen molar-refractivity contribution in [3.63, 3.8) is 0 Å². The van der Waals surface area contributed by atoms with E-state index in [1.54, 1.807) is 0 Å². The van der Waals surface area contributed by atoms with Gasteiger partial charge in [-0.2, -0.15) is 11.8 Å². The van der Waals surface area contributed by atoms with Crippen LogP contribution in [-0.4, -0.2) is 47.7 Å². The van der Waals surface area contributed by atoms with Gasteiger partial charge < -0.3 is 4.74 Å². The van der Waals surface area contributed by atoms with Crippen molar-refractivity contribution in [1.82, 2.24) is 4.90 Å². The highest BCUT2D eigenvalue weighted by molar-refractivity contribution is 8.00. The number of thioether (sulfide) groups is 1. The summed E-state index contributed by atoms with van der Waals surface area (Å²) in [5.41, 5.74) is 0. The molecule has 0 bridgehead atoms. The van der Waals surface area contributed by atoms with Crippen molar-refractivity contribution in [1.29, 1.82) is 0 Å². The van der Waals surface area contributed by atoms with E-state index in [2.05, 4.69) is 16.7 Å². The van der Waals surface area contributed by atoms with Crippen LogP contribution in [0.2, 0.25) is 0 Å². The van der Waals surface area contributed by atoms with Crippen LogP contribution in [0.15, 0.2) is 0 Å². The molecular weight excluding hydrogens is 182 g/mol. The molecule has 2 heterocycles. The molecule has 0 aromatic rings. The average Bonchev–Trinajstić information content (AvgIpc) is 3.00. The molecule has 13 heavy (non-hydrogen) atoms. The SMILES string of the molecule is C1CC2C(CO1)SCCN2C1CC1. The van der Waals surface area contributed by atoms with E-state index in [-0.39, 0.29) is 0 Å². The Bertz CT molecular complexity index is 193. The first-order valence-corrected chi connectivity index (χ1v) is 6.45. The van der Waals surface area contributed by atoms with Crippen LogP contribution in [0.4, 0.5) is 0 Å². The molecule has 2 atom stereocenters. The Morgan fingerprint density at radius 3 is 3.00 bits per heavy atom. The smallest absolute Gasteiger partial charge is 0.0600 e. The van der Waals surface area contributed by atoms with Gasteiger partial charge in [-0.3, -0.25) is 4.90 Å². The van der Waals surface area contributed by atoms with Crippen LogP contribution in [0, 0.1) is 0 Å². The monoisotopic (exact) mass is 199 g/mol. The van der Waals surface area contributed by atoms with E-state index in [1.807, 2.05) is 0 Å². The Kier molecular flexibility index (Phi) is 2.27. The first kappa shape index (κ1) is 8.57. The van der Waals surface area contributed by atoms with Crippen LogP contribution in [0.3, 0.4) is 0 Å². The van der Waals surface area contributed by atoms with Crippen LogP contribution in [0.1, 0.15) is 19.3 Å². The van der Waals surface area contributed by atoms with Gasteiger partial charge in [0.05, 0.1) is 6.61 Å². The Morgan fingerprint density at radius 1 is 1.23 bits per heavy atom. The topological polar surface area (TPSA) is 12.5 Å². The van der Waals surface area contributed by atoms with E-state index in [0.717, 1.165) is 30.5 Å². The molecule has 0 spiro atoms. The molecule has 1 saturated carbocycles. The largest absolute Gasteiger partial charge is 0.380 e. The van der Waals surface area contributed by atoms with Crippen molar-refractivity contribution in [2.45, 2.75) is 36.6 Å². The van der Waals surface area contributed by atoms with Gasteiger partial charge >= 0.3 is 0 Å². The molecule has 2 aliphatic heterocycles. The Morgan fingerprint density at radius 2 is 2.15 bits per heavy atom. The zero-order valence-electron chi connectivity index (χ0n) is 7.95. The number of nitrogens with zero attached hydrogens (tertiary/aromatic N) is 1. The summed E-state index contributed by atoms with van der Waals surface area (Å²) in [6.07, 6.45) is 4.18. The molecule has 0 N–H and O–H groups in total. The van der Waals surface area contributed by atoms with Crippen molar-refractivity contribution in [2.24, 2.45) is 0 Å². The molecule has 3 rings (SSSR count). The summed E-state index contributed by atoms with van der Waals surface area (Å²) in [5, 5.41) is 0.781. The molecule has 2 saturated heterocycles. The Balaban J connectivity index is 1.71. The highest BCUT2D eigenvalue weighted by Crippen LogP contribution is 2.37. The highest BCUT2D eigenvalue weighted by Gasteiger charge is 2.41. The lowest BCUT2D eigenvalue weighted by Crippen LogP contribution is -2.52. The maximum Gasteiger partial charge on any atom is 0.0600 e. The molecule has 0 radical (unpaired) electrons. The molecule has 3 aliphatic rings. The van der Waals surface area contributed by atoms with E-state index in [1.165, 1.54) is 31.6 Å². The van der Waals surface area contributed by atoms with Crippen molar-refractivity contribution < 1.29 is 4.74 Å². The van der Waals surface area contributed by atoms with Gasteiger partial charge in [-0.05, 0) is 19.3 Å². The lowest BCUT2D eigenvalue weighted by molar-refractivity contribution is 0.0350. The minimum Gasteiger partial charge on any atom is -0.380 e. The van der Waals surface area contributed by atoms with Crippen molar-refractivity contribution in [3.8, 4) is 0 Å². The van der Waals surface area contributed by atoms with Gasteiger partial charge in [0.15, 0.2) is 0 Å². The fraction of sp³-hybridized carbons (Fsp3) is 1.00. The molecule has 3 heteroatoms. The predicted molar refractivity (Wildman–Crippen MR) is 55.2 cm³/mol. The lowest BCUT2D eigenvalue weighted by atomic mass is 10.1. The number of hydrogen-bond donors (Lipinski definition) is 0. The van der Waals surface area contributed by atoms with Crippen LogP contribution < -0.4 is 0 Å². The number of hydrogen-bond acceptors (Lipinski definition) is 3. The third kappa shape index (κ3) is 1.62. The summed E-state index contributed by atoms with van der Waals surface area (Å²) < 4.78 is 5.54. The van der Waals surface area contributed by atoms with E-state index in [4.69, 9.17) is 4.74 Å². The third-order valence-corrected chi connectivity index (χ3v) is 4.69. The molecule has 0 aromatic carbocycles. The van der Waals surface area contributed by atoms with Crippen molar-refractivity contribution in [2.75, 3.05) is 25.5 Å². The van der Waals surface area contributed by atoms with E-state index in [9.17, 15) is 0 Å². The molecule has 2 unspecified atom stereocenters. The van der Waals surface area contributed by atoms with Gasteiger partial charge in [-0.15, -0.1) is 0 Å².